The number of nitrogens with zero attached hydrogens (tertiary/aromatic N) is 2. The minimum absolute atomic E-state index is 0.146. The number of hydrogen-bond acceptors (Lipinski definition) is 4. The summed E-state index contributed by atoms with van der Waals surface area (Å²) in [5, 5.41) is 11.2. The van der Waals surface area contributed by atoms with Crippen molar-refractivity contribution in [2.75, 3.05) is 12.0 Å². The van der Waals surface area contributed by atoms with Crippen LogP contribution in [0.15, 0.2) is 36.4 Å². The number of methoxy groups -OCH3 is 1. The van der Waals surface area contributed by atoms with Gasteiger partial charge in [-0.25, -0.2) is 0 Å². The monoisotopic (exact) mass is 352 g/mol. The molecule has 5 atom stereocenters. The lowest BCUT2D eigenvalue weighted by Gasteiger charge is -2.64. The summed E-state index contributed by atoms with van der Waals surface area (Å²) in [7, 11) is 1.67. The molecule has 2 saturated heterocycles. The van der Waals surface area contributed by atoms with Crippen LogP contribution in [0.4, 0.5) is 5.69 Å². The van der Waals surface area contributed by atoms with E-state index in [1.165, 1.54) is 0 Å². The number of carbonyl (C=O) groups is 2. The normalized spacial score (nSPS) is 42.3. The maximum absolute atomic E-state index is 13.1. The first-order valence-corrected chi connectivity index (χ1v) is 9.25. The fourth-order valence-corrected chi connectivity index (χ4v) is 5.97. The predicted molar refractivity (Wildman–Crippen MR) is 92.0 cm³/mol. The van der Waals surface area contributed by atoms with Crippen molar-refractivity contribution in [3.05, 3.63) is 42.0 Å². The highest BCUT2D eigenvalue weighted by atomic mass is 16.5. The number of piperidine rings is 1. The van der Waals surface area contributed by atoms with E-state index in [4.69, 9.17) is 4.74 Å². The van der Waals surface area contributed by atoms with Crippen LogP contribution in [0.1, 0.15) is 30.9 Å². The highest BCUT2D eigenvalue weighted by molar-refractivity contribution is 6.44. The number of aliphatic hydroxyl groups is 1. The predicted octanol–water partition coefficient (Wildman–Crippen LogP) is 1.36. The zero-order valence-corrected chi connectivity index (χ0v) is 14.5. The molecule has 0 aromatic heterocycles. The van der Waals surface area contributed by atoms with E-state index < -0.39 is 29.2 Å². The molecule has 2 bridgehead atoms. The molecule has 1 spiro atoms. The number of anilines is 1. The van der Waals surface area contributed by atoms with Crippen molar-refractivity contribution < 1.29 is 19.4 Å². The van der Waals surface area contributed by atoms with Crippen LogP contribution in [0.3, 0.4) is 0 Å². The molecule has 2 amide bonds. The Morgan fingerprint density at radius 3 is 2.65 bits per heavy atom. The molecule has 26 heavy (non-hydrogen) atoms. The van der Waals surface area contributed by atoms with Gasteiger partial charge in [0.25, 0.3) is 0 Å². The van der Waals surface area contributed by atoms with Gasteiger partial charge in [-0.3, -0.25) is 14.5 Å². The number of carbonyl (C=O) groups excluding carboxylic acids is 2. The van der Waals surface area contributed by atoms with Crippen molar-refractivity contribution >= 4 is 17.5 Å². The Kier molecular flexibility index (Phi) is 2.51. The summed E-state index contributed by atoms with van der Waals surface area (Å²) in [6.45, 7) is 0. The van der Waals surface area contributed by atoms with E-state index in [1.807, 2.05) is 36.4 Å². The van der Waals surface area contributed by atoms with Gasteiger partial charge < -0.3 is 14.7 Å². The van der Waals surface area contributed by atoms with Crippen LogP contribution in [0, 0.1) is 11.8 Å². The molecule has 6 heteroatoms. The van der Waals surface area contributed by atoms with E-state index in [0.29, 0.717) is 23.6 Å². The lowest BCUT2D eigenvalue weighted by molar-refractivity contribution is -0.181. The average Bonchev–Trinajstić information content (AvgIpc) is 3.48. The van der Waals surface area contributed by atoms with Crippen LogP contribution < -0.4 is 4.90 Å². The number of benzene rings is 1. The standard InChI is InChI=1S/C20H20N2O4/c1-26-19-8-9-20-13(10-19)15(23)12-4-2-3-5-14(12)21(20)17(24)18(25)22(20)16(19)11-6-7-11/h2-5,8-9,11,13,15-16,23H,6-7,10H2,1H3/t13-,15+,16+,19+,20+/m1/s1. The van der Waals surface area contributed by atoms with E-state index >= 15 is 0 Å². The van der Waals surface area contributed by atoms with Gasteiger partial charge in [-0.1, -0.05) is 24.3 Å². The Balaban J connectivity index is 1.67. The van der Waals surface area contributed by atoms with E-state index in [0.717, 1.165) is 12.8 Å². The topological polar surface area (TPSA) is 70.1 Å². The molecular weight excluding hydrogens is 332 g/mol. The maximum Gasteiger partial charge on any atom is 0.318 e. The molecule has 0 unspecified atom stereocenters. The number of amides is 2. The van der Waals surface area contributed by atoms with E-state index in [-0.39, 0.29) is 12.0 Å². The Morgan fingerprint density at radius 2 is 1.92 bits per heavy atom. The molecule has 7 rings (SSSR count). The largest absolute Gasteiger partial charge is 0.388 e. The van der Waals surface area contributed by atoms with Gasteiger partial charge in [-0.05, 0) is 37.3 Å². The second kappa shape index (κ2) is 4.38. The van der Waals surface area contributed by atoms with Gasteiger partial charge in [-0.15, -0.1) is 0 Å². The third kappa shape index (κ3) is 1.38. The lowest BCUT2D eigenvalue weighted by atomic mass is 9.61. The Bertz CT molecular complexity index is 894. The number of hydrogen-bond donors (Lipinski definition) is 1. The van der Waals surface area contributed by atoms with Crippen LogP contribution in [-0.2, 0) is 14.3 Å². The second-order valence-corrected chi connectivity index (χ2v) is 8.19. The molecule has 1 aromatic rings. The number of aliphatic hydroxyl groups excluding tert-OH is 1. The first-order chi connectivity index (χ1) is 12.5. The van der Waals surface area contributed by atoms with Crippen LogP contribution in [0.2, 0.25) is 0 Å². The van der Waals surface area contributed by atoms with E-state index in [9.17, 15) is 14.7 Å². The van der Waals surface area contributed by atoms with Gasteiger partial charge >= 0.3 is 11.8 Å². The van der Waals surface area contributed by atoms with Crippen LogP contribution in [0.25, 0.3) is 0 Å². The Labute approximate surface area is 151 Å². The van der Waals surface area contributed by atoms with Crippen molar-refractivity contribution in [2.24, 2.45) is 11.8 Å². The number of fused-ring (bicyclic) bond motifs is 2. The van der Waals surface area contributed by atoms with Crippen molar-refractivity contribution in [1.82, 2.24) is 4.90 Å². The number of ether oxygens (including phenoxy) is 1. The molecule has 6 aliphatic rings. The Hall–Kier alpha value is -2.18. The van der Waals surface area contributed by atoms with E-state index in [2.05, 4.69) is 0 Å². The minimum Gasteiger partial charge on any atom is -0.388 e. The van der Waals surface area contributed by atoms with Crippen molar-refractivity contribution in [1.29, 1.82) is 0 Å². The quantitative estimate of drug-likeness (QED) is 0.645. The molecule has 4 heterocycles. The molecule has 4 aliphatic heterocycles. The van der Waals surface area contributed by atoms with Gasteiger partial charge in [0.2, 0.25) is 0 Å². The highest BCUT2D eigenvalue weighted by Gasteiger charge is 2.75. The highest BCUT2D eigenvalue weighted by Crippen LogP contribution is 2.64. The fraction of sp³-hybridized carbons (Fsp3) is 0.500. The van der Waals surface area contributed by atoms with Crippen molar-refractivity contribution in [3.8, 4) is 0 Å². The lowest BCUT2D eigenvalue weighted by Crippen LogP contribution is -2.76. The minimum atomic E-state index is -0.907. The molecule has 1 aromatic carbocycles. The number of para-hydroxylation sites is 1. The summed E-state index contributed by atoms with van der Waals surface area (Å²) >= 11 is 0. The first kappa shape index (κ1) is 14.9. The molecular formula is C20H20N2O4. The average molecular weight is 352 g/mol. The first-order valence-electron chi connectivity index (χ1n) is 9.25. The third-order valence-electron chi connectivity index (χ3n) is 7.15. The van der Waals surface area contributed by atoms with Crippen molar-refractivity contribution in [3.63, 3.8) is 0 Å². The molecule has 2 aliphatic carbocycles. The van der Waals surface area contributed by atoms with E-state index in [1.54, 1.807) is 16.9 Å². The van der Waals surface area contributed by atoms with Crippen LogP contribution in [0.5, 0.6) is 0 Å². The smallest absolute Gasteiger partial charge is 0.318 e. The Morgan fingerprint density at radius 1 is 1.15 bits per heavy atom. The number of rotatable bonds is 2. The summed E-state index contributed by atoms with van der Waals surface area (Å²) in [6.07, 6.45) is 5.92. The fourth-order valence-electron chi connectivity index (χ4n) is 5.97. The maximum atomic E-state index is 13.1. The van der Waals surface area contributed by atoms with Crippen molar-refractivity contribution in [2.45, 2.75) is 42.7 Å². The van der Waals surface area contributed by atoms with Gasteiger partial charge in [0, 0.05) is 18.6 Å². The summed E-state index contributed by atoms with van der Waals surface area (Å²) in [6, 6.07) is 7.22. The van der Waals surface area contributed by atoms with Gasteiger partial charge in [0.05, 0.1) is 17.8 Å². The molecule has 1 saturated carbocycles. The second-order valence-electron chi connectivity index (χ2n) is 8.19. The molecule has 1 N–H and O–H groups in total. The molecule has 6 nitrogen and oxygen atoms in total. The SMILES string of the molecule is CO[C@@]12C=C[C@]34[C@H](C1)[C@@H](O)c1ccccc1N3C(=O)C(=O)N4[C@H]2C1CC1. The van der Waals surface area contributed by atoms with Gasteiger partial charge in [0.1, 0.15) is 11.3 Å². The summed E-state index contributed by atoms with van der Waals surface area (Å²) < 4.78 is 5.97. The molecule has 3 fully saturated rings. The zero-order chi connectivity index (χ0) is 17.8. The summed E-state index contributed by atoms with van der Waals surface area (Å²) in [5.74, 6) is -0.920. The zero-order valence-electron chi connectivity index (χ0n) is 14.5. The third-order valence-corrected chi connectivity index (χ3v) is 7.15. The van der Waals surface area contributed by atoms with Crippen LogP contribution >= 0.6 is 0 Å². The van der Waals surface area contributed by atoms with Gasteiger partial charge in [-0.2, -0.15) is 0 Å². The molecule has 134 valence electrons. The van der Waals surface area contributed by atoms with Gasteiger partial charge in [0.15, 0.2) is 0 Å². The molecule has 0 radical (unpaired) electrons. The van der Waals surface area contributed by atoms with Crippen LogP contribution in [-0.4, -0.2) is 46.2 Å². The summed E-state index contributed by atoms with van der Waals surface area (Å²) in [4.78, 5) is 29.6. The summed E-state index contributed by atoms with van der Waals surface area (Å²) in [5.41, 5.74) is -0.188.